The van der Waals surface area contributed by atoms with E-state index in [1.54, 1.807) is 18.3 Å². The topological polar surface area (TPSA) is 74.9 Å². The van der Waals surface area contributed by atoms with Crippen molar-refractivity contribution in [2.24, 2.45) is 0 Å². The zero-order valence-corrected chi connectivity index (χ0v) is 21.5. The quantitative estimate of drug-likeness (QED) is 0.185. The standard InChI is InChI=1S/C24H28BrClF3N5O/c25-20-19(35-11-4-2-1-3-9-26)8-7-16-17(13-31-22(16)20)21-18(24(27,28)29)14-32-23(34-21)33-15-6-5-10-30-12-15/h7-8,13-15,30-31H,1-6,9-12H2,(H,32,33,34)/t15-/m0/s1. The third kappa shape index (κ3) is 6.40. The van der Waals surface area contributed by atoms with Gasteiger partial charge in [-0.15, -0.1) is 11.6 Å². The van der Waals surface area contributed by atoms with E-state index in [0.29, 0.717) is 39.2 Å². The maximum atomic E-state index is 13.9. The van der Waals surface area contributed by atoms with Crippen molar-refractivity contribution in [3.8, 4) is 17.0 Å². The SMILES string of the molecule is FC(F)(F)c1cnc(N[C@H]2CCCNC2)nc1-c1c[nH]c2c(Br)c(OCCCCCCCl)ccc12. The first-order valence-electron chi connectivity index (χ1n) is 11.8. The number of hydrogen-bond donors (Lipinski definition) is 3. The van der Waals surface area contributed by atoms with Crippen LogP contribution in [0.3, 0.4) is 0 Å². The van der Waals surface area contributed by atoms with Crippen molar-refractivity contribution in [2.75, 3.05) is 30.9 Å². The lowest BCUT2D eigenvalue weighted by Gasteiger charge is -2.24. The fourth-order valence-electron chi connectivity index (χ4n) is 4.21. The monoisotopic (exact) mass is 573 g/mol. The van der Waals surface area contributed by atoms with Crippen LogP contribution in [0.15, 0.2) is 29.0 Å². The molecule has 0 aliphatic carbocycles. The van der Waals surface area contributed by atoms with E-state index < -0.39 is 11.7 Å². The number of benzene rings is 1. The predicted molar refractivity (Wildman–Crippen MR) is 136 cm³/mol. The number of unbranched alkanes of at least 4 members (excludes halogenated alkanes) is 3. The smallest absolute Gasteiger partial charge is 0.419 e. The number of piperidine rings is 1. The number of aromatic nitrogens is 3. The molecular weight excluding hydrogens is 547 g/mol. The van der Waals surface area contributed by atoms with Crippen molar-refractivity contribution in [2.45, 2.75) is 50.7 Å². The van der Waals surface area contributed by atoms with Crippen LogP contribution in [0.5, 0.6) is 5.75 Å². The minimum Gasteiger partial charge on any atom is -0.492 e. The Balaban J connectivity index is 1.60. The molecule has 1 saturated heterocycles. The first-order chi connectivity index (χ1) is 16.9. The first-order valence-corrected chi connectivity index (χ1v) is 13.1. The Kier molecular flexibility index (Phi) is 8.77. The highest BCUT2D eigenvalue weighted by atomic mass is 79.9. The molecule has 0 spiro atoms. The molecule has 0 radical (unpaired) electrons. The van der Waals surface area contributed by atoms with E-state index in [1.807, 2.05) is 0 Å². The molecule has 1 atom stereocenters. The summed E-state index contributed by atoms with van der Waals surface area (Å²) in [5.41, 5.74) is -0.0331. The van der Waals surface area contributed by atoms with Gasteiger partial charge in [-0.05, 0) is 60.3 Å². The zero-order valence-electron chi connectivity index (χ0n) is 19.2. The predicted octanol–water partition coefficient (Wildman–Crippen LogP) is 6.75. The molecule has 2 aromatic heterocycles. The van der Waals surface area contributed by atoms with Crippen LogP contribution in [0, 0.1) is 0 Å². The molecule has 1 aliphatic heterocycles. The van der Waals surface area contributed by atoms with Crippen LogP contribution in [0.1, 0.15) is 44.1 Å². The van der Waals surface area contributed by atoms with Crippen LogP contribution in [0.25, 0.3) is 22.2 Å². The lowest BCUT2D eigenvalue weighted by molar-refractivity contribution is -0.137. The molecule has 35 heavy (non-hydrogen) atoms. The van der Waals surface area contributed by atoms with Crippen molar-refractivity contribution >= 4 is 44.4 Å². The highest BCUT2D eigenvalue weighted by molar-refractivity contribution is 9.10. The van der Waals surface area contributed by atoms with Crippen molar-refractivity contribution < 1.29 is 17.9 Å². The Hall–Kier alpha value is -2.04. The summed E-state index contributed by atoms with van der Waals surface area (Å²) in [5.74, 6) is 1.48. The highest BCUT2D eigenvalue weighted by Gasteiger charge is 2.36. The lowest BCUT2D eigenvalue weighted by Crippen LogP contribution is -2.38. The number of H-pyrrole nitrogens is 1. The Morgan fingerprint density at radius 1 is 1.20 bits per heavy atom. The number of ether oxygens (including phenoxy) is 1. The Morgan fingerprint density at radius 2 is 2.03 bits per heavy atom. The van der Waals surface area contributed by atoms with Gasteiger partial charge in [0.15, 0.2) is 0 Å². The molecule has 0 bridgehead atoms. The van der Waals surface area contributed by atoms with E-state index in [-0.39, 0.29) is 17.7 Å². The van der Waals surface area contributed by atoms with Gasteiger partial charge in [0.05, 0.1) is 22.3 Å². The molecule has 11 heteroatoms. The van der Waals surface area contributed by atoms with Gasteiger partial charge < -0.3 is 20.4 Å². The number of anilines is 1. The fraction of sp³-hybridized carbons (Fsp3) is 0.500. The maximum Gasteiger partial charge on any atom is 0.419 e. The molecule has 0 unspecified atom stereocenters. The number of rotatable bonds is 10. The summed E-state index contributed by atoms with van der Waals surface area (Å²) in [6.45, 7) is 2.20. The second-order valence-corrected chi connectivity index (χ2v) is 9.77. The van der Waals surface area contributed by atoms with Gasteiger partial charge in [-0.2, -0.15) is 13.2 Å². The molecular formula is C24H28BrClF3N5O. The molecule has 4 rings (SSSR count). The number of alkyl halides is 4. The molecule has 1 aliphatic rings. The fourth-order valence-corrected chi connectivity index (χ4v) is 4.97. The second kappa shape index (κ2) is 11.8. The summed E-state index contributed by atoms with van der Waals surface area (Å²) >= 11 is 9.25. The van der Waals surface area contributed by atoms with Crippen molar-refractivity contribution in [3.05, 3.63) is 34.6 Å². The number of hydrogen-bond acceptors (Lipinski definition) is 5. The summed E-state index contributed by atoms with van der Waals surface area (Å²) in [6, 6.07) is 3.60. The Bertz CT molecular complexity index is 1130. The van der Waals surface area contributed by atoms with Crippen molar-refractivity contribution in [1.29, 1.82) is 0 Å². The van der Waals surface area contributed by atoms with Gasteiger partial charge >= 0.3 is 6.18 Å². The molecule has 0 amide bonds. The van der Waals surface area contributed by atoms with Gasteiger partial charge in [-0.1, -0.05) is 12.8 Å². The second-order valence-electron chi connectivity index (χ2n) is 8.60. The molecule has 1 aromatic carbocycles. The van der Waals surface area contributed by atoms with E-state index >= 15 is 0 Å². The highest BCUT2D eigenvalue weighted by Crippen LogP contribution is 2.41. The maximum absolute atomic E-state index is 13.9. The third-order valence-corrected chi connectivity index (χ3v) is 7.08. The number of nitrogens with one attached hydrogen (secondary N) is 3. The Morgan fingerprint density at radius 3 is 2.77 bits per heavy atom. The summed E-state index contributed by atoms with van der Waals surface area (Å²) in [5, 5.41) is 7.05. The van der Waals surface area contributed by atoms with Crippen molar-refractivity contribution in [3.63, 3.8) is 0 Å². The van der Waals surface area contributed by atoms with Crippen molar-refractivity contribution in [1.82, 2.24) is 20.3 Å². The first kappa shape index (κ1) is 26.0. The average molecular weight is 575 g/mol. The van der Waals surface area contributed by atoms with E-state index in [9.17, 15) is 13.2 Å². The van der Waals surface area contributed by atoms with Crippen LogP contribution in [-0.2, 0) is 6.18 Å². The Labute approximate surface area is 215 Å². The van der Waals surface area contributed by atoms with Crippen LogP contribution < -0.4 is 15.4 Å². The number of nitrogens with zero attached hydrogens (tertiary/aromatic N) is 2. The summed E-state index contributed by atoms with van der Waals surface area (Å²) in [6.07, 6.45) is 3.68. The van der Waals surface area contributed by atoms with Gasteiger partial charge in [0.2, 0.25) is 5.95 Å². The van der Waals surface area contributed by atoms with E-state index in [0.717, 1.165) is 57.8 Å². The minimum atomic E-state index is -4.59. The van der Waals surface area contributed by atoms with Gasteiger partial charge in [-0.3, -0.25) is 0 Å². The summed E-state index contributed by atoms with van der Waals surface area (Å²) in [4.78, 5) is 11.4. The normalized spacial score (nSPS) is 16.5. The third-order valence-electron chi connectivity index (χ3n) is 6.02. The summed E-state index contributed by atoms with van der Waals surface area (Å²) < 4.78 is 48.2. The molecule has 3 N–H and O–H groups in total. The molecule has 6 nitrogen and oxygen atoms in total. The molecule has 1 fully saturated rings. The zero-order chi connectivity index (χ0) is 24.8. The van der Waals surface area contributed by atoms with E-state index in [1.165, 1.54) is 0 Å². The largest absolute Gasteiger partial charge is 0.492 e. The van der Waals surface area contributed by atoms with Gasteiger partial charge in [0.25, 0.3) is 0 Å². The molecule has 3 aromatic rings. The molecule has 0 saturated carbocycles. The van der Waals surface area contributed by atoms with Crippen LogP contribution >= 0.6 is 27.5 Å². The summed E-state index contributed by atoms with van der Waals surface area (Å²) in [7, 11) is 0. The van der Waals surface area contributed by atoms with Crippen LogP contribution in [0.4, 0.5) is 19.1 Å². The van der Waals surface area contributed by atoms with Gasteiger partial charge in [0, 0.05) is 41.8 Å². The molecule has 3 heterocycles. The lowest BCUT2D eigenvalue weighted by atomic mass is 10.1. The van der Waals surface area contributed by atoms with E-state index in [4.69, 9.17) is 16.3 Å². The minimum absolute atomic E-state index is 0.0695. The average Bonchev–Trinajstić information content (AvgIpc) is 3.27. The van der Waals surface area contributed by atoms with Gasteiger partial charge in [0.1, 0.15) is 11.3 Å². The molecule has 190 valence electrons. The number of aromatic amines is 1. The van der Waals surface area contributed by atoms with Crippen LogP contribution in [-0.4, -0.2) is 46.6 Å². The number of fused-ring (bicyclic) bond motifs is 1. The van der Waals surface area contributed by atoms with E-state index in [2.05, 4.69) is 41.5 Å². The number of halogens is 5. The van der Waals surface area contributed by atoms with Gasteiger partial charge in [-0.25, -0.2) is 9.97 Å². The van der Waals surface area contributed by atoms with Crippen LogP contribution in [0.2, 0.25) is 0 Å².